The highest BCUT2D eigenvalue weighted by Gasteiger charge is 2.24. The third-order valence-electron chi connectivity index (χ3n) is 4.95. The average Bonchev–Trinajstić information content (AvgIpc) is 3.35. The lowest BCUT2D eigenvalue weighted by Gasteiger charge is -2.33. The van der Waals surface area contributed by atoms with Gasteiger partial charge in [0.25, 0.3) is 5.91 Å². The van der Waals surface area contributed by atoms with E-state index in [1.54, 1.807) is 12.5 Å². The lowest BCUT2D eigenvalue weighted by atomic mass is 10.0. The van der Waals surface area contributed by atoms with Crippen LogP contribution in [-0.2, 0) is 0 Å². The summed E-state index contributed by atoms with van der Waals surface area (Å²) in [6.45, 7) is 2.99. The van der Waals surface area contributed by atoms with Gasteiger partial charge >= 0.3 is 0 Å². The molecule has 5 nitrogen and oxygen atoms in total. The predicted molar refractivity (Wildman–Crippen MR) is 97.2 cm³/mol. The van der Waals surface area contributed by atoms with E-state index in [9.17, 15) is 4.79 Å². The van der Waals surface area contributed by atoms with Gasteiger partial charge in [0.15, 0.2) is 0 Å². The maximum Gasteiger partial charge on any atom is 0.254 e. The Morgan fingerprint density at radius 3 is 2.64 bits per heavy atom. The van der Waals surface area contributed by atoms with Crippen LogP contribution in [0.15, 0.2) is 61.4 Å². The van der Waals surface area contributed by atoms with Crippen molar-refractivity contribution in [2.75, 3.05) is 6.54 Å². The summed E-state index contributed by atoms with van der Waals surface area (Å²) in [6, 6.07) is 10.2. The second-order valence-corrected chi connectivity index (χ2v) is 6.61. The summed E-state index contributed by atoms with van der Waals surface area (Å²) in [4.78, 5) is 19.2. The summed E-state index contributed by atoms with van der Waals surface area (Å²) in [7, 11) is 0. The fourth-order valence-electron chi connectivity index (χ4n) is 3.54. The van der Waals surface area contributed by atoms with E-state index in [1.807, 2.05) is 63.0 Å². The van der Waals surface area contributed by atoms with Crippen LogP contribution in [0.4, 0.5) is 0 Å². The molecule has 0 unspecified atom stereocenters. The predicted octanol–water partition coefficient (Wildman–Crippen LogP) is 3.68. The third-order valence-corrected chi connectivity index (χ3v) is 4.95. The number of rotatable bonds is 3. The van der Waals surface area contributed by atoms with E-state index in [1.165, 1.54) is 6.42 Å². The number of nitrogens with zero attached hydrogens (tertiary/aromatic N) is 4. The molecule has 1 saturated heterocycles. The SMILES string of the molecule is C[C@@H]1CCCCN1C(=O)c1ccc(-n2ccnc2)c(-n2cccc2)c1. The highest BCUT2D eigenvalue weighted by molar-refractivity contribution is 5.95. The molecule has 1 amide bonds. The molecule has 0 radical (unpaired) electrons. The molecular weight excluding hydrogens is 312 g/mol. The Hall–Kier alpha value is -2.82. The van der Waals surface area contributed by atoms with Crippen LogP contribution in [0.2, 0.25) is 0 Å². The second kappa shape index (κ2) is 6.59. The van der Waals surface area contributed by atoms with Crippen LogP contribution in [0.1, 0.15) is 36.5 Å². The molecule has 1 aliphatic heterocycles. The average molecular weight is 334 g/mol. The molecule has 0 saturated carbocycles. The van der Waals surface area contributed by atoms with Gasteiger partial charge in [-0.05, 0) is 56.5 Å². The van der Waals surface area contributed by atoms with Gasteiger partial charge in [-0.15, -0.1) is 0 Å². The van der Waals surface area contributed by atoms with Crippen molar-refractivity contribution in [2.24, 2.45) is 0 Å². The number of hydrogen-bond donors (Lipinski definition) is 0. The van der Waals surface area contributed by atoms with Crippen LogP contribution in [0, 0.1) is 0 Å². The largest absolute Gasteiger partial charge is 0.336 e. The molecular formula is C20H22N4O. The van der Waals surface area contributed by atoms with Gasteiger partial charge in [-0.25, -0.2) is 4.98 Å². The van der Waals surface area contributed by atoms with E-state index < -0.39 is 0 Å². The van der Waals surface area contributed by atoms with Gasteiger partial charge in [-0.2, -0.15) is 0 Å². The molecule has 0 aliphatic carbocycles. The number of aromatic nitrogens is 3. The summed E-state index contributed by atoms with van der Waals surface area (Å²) >= 11 is 0. The Labute approximate surface area is 147 Å². The topological polar surface area (TPSA) is 43.1 Å². The van der Waals surface area contributed by atoms with Crippen LogP contribution in [0.25, 0.3) is 11.4 Å². The van der Waals surface area contributed by atoms with Crippen molar-refractivity contribution >= 4 is 5.91 Å². The van der Waals surface area contributed by atoms with Crippen molar-refractivity contribution in [3.63, 3.8) is 0 Å². The number of benzene rings is 1. The number of piperidine rings is 1. The minimum atomic E-state index is 0.123. The van der Waals surface area contributed by atoms with Crippen molar-refractivity contribution in [3.05, 3.63) is 67.0 Å². The number of likely N-dealkylation sites (tertiary alicyclic amines) is 1. The van der Waals surface area contributed by atoms with Crippen molar-refractivity contribution in [1.82, 2.24) is 19.0 Å². The Bertz CT molecular complexity index is 852. The zero-order valence-electron chi connectivity index (χ0n) is 14.4. The van der Waals surface area contributed by atoms with Crippen LogP contribution in [-0.4, -0.2) is 37.5 Å². The molecule has 3 aromatic rings. The summed E-state index contributed by atoms with van der Waals surface area (Å²) < 4.78 is 4.00. The maximum atomic E-state index is 13.0. The molecule has 0 N–H and O–H groups in total. The van der Waals surface area contributed by atoms with Gasteiger partial charge in [0.1, 0.15) is 0 Å². The highest BCUT2D eigenvalue weighted by atomic mass is 16.2. The molecule has 1 fully saturated rings. The number of imidazole rings is 1. The molecule has 4 rings (SSSR count). The van der Waals surface area contributed by atoms with Gasteiger partial charge in [0, 0.05) is 42.9 Å². The molecule has 0 spiro atoms. The molecule has 5 heteroatoms. The Kier molecular flexibility index (Phi) is 4.14. The quantitative estimate of drug-likeness (QED) is 0.733. The molecule has 1 aromatic carbocycles. The van der Waals surface area contributed by atoms with E-state index in [0.717, 1.165) is 36.3 Å². The highest BCUT2D eigenvalue weighted by Crippen LogP contribution is 2.24. The van der Waals surface area contributed by atoms with Crippen LogP contribution in [0.5, 0.6) is 0 Å². The summed E-state index contributed by atoms with van der Waals surface area (Å²) in [5, 5.41) is 0. The number of carbonyl (C=O) groups excluding carboxylic acids is 1. The van der Waals surface area contributed by atoms with Crippen molar-refractivity contribution in [2.45, 2.75) is 32.2 Å². The smallest absolute Gasteiger partial charge is 0.254 e. The van der Waals surface area contributed by atoms with Crippen molar-refractivity contribution in [1.29, 1.82) is 0 Å². The van der Waals surface area contributed by atoms with Gasteiger partial charge in [-0.3, -0.25) is 4.79 Å². The third kappa shape index (κ3) is 2.97. The maximum absolute atomic E-state index is 13.0. The van der Waals surface area contributed by atoms with Crippen LogP contribution >= 0.6 is 0 Å². The van der Waals surface area contributed by atoms with Gasteiger partial charge in [0.2, 0.25) is 0 Å². The molecule has 1 atom stereocenters. The first kappa shape index (κ1) is 15.7. The van der Waals surface area contributed by atoms with E-state index in [2.05, 4.69) is 11.9 Å². The zero-order valence-corrected chi connectivity index (χ0v) is 14.4. The van der Waals surface area contributed by atoms with Gasteiger partial charge in [0.05, 0.1) is 17.7 Å². The molecule has 25 heavy (non-hydrogen) atoms. The first-order valence-corrected chi connectivity index (χ1v) is 8.81. The molecule has 1 aliphatic rings. The monoisotopic (exact) mass is 334 g/mol. The lowest BCUT2D eigenvalue weighted by molar-refractivity contribution is 0.0635. The fourth-order valence-corrected chi connectivity index (χ4v) is 3.54. The number of amides is 1. The van der Waals surface area contributed by atoms with E-state index >= 15 is 0 Å². The summed E-state index contributed by atoms with van der Waals surface area (Å²) in [6.07, 6.45) is 12.8. The Balaban J connectivity index is 1.75. The zero-order chi connectivity index (χ0) is 17.2. The molecule has 2 aromatic heterocycles. The van der Waals surface area contributed by atoms with E-state index in [0.29, 0.717) is 6.04 Å². The van der Waals surface area contributed by atoms with Crippen LogP contribution in [0.3, 0.4) is 0 Å². The minimum Gasteiger partial charge on any atom is -0.336 e. The fraction of sp³-hybridized carbons (Fsp3) is 0.300. The van der Waals surface area contributed by atoms with Gasteiger partial charge in [-0.1, -0.05) is 0 Å². The minimum absolute atomic E-state index is 0.123. The molecule has 3 heterocycles. The first-order chi connectivity index (χ1) is 12.2. The Morgan fingerprint density at radius 1 is 1.08 bits per heavy atom. The summed E-state index contributed by atoms with van der Waals surface area (Å²) in [5.74, 6) is 0.123. The standard InChI is InChI=1S/C20H22N4O/c1-16-6-2-3-12-24(16)20(25)17-7-8-18(23-13-9-21-15-23)19(14-17)22-10-4-5-11-22/h4-5,7-11,13-16H,2-3,6,12H2,1H3/t16-/m1/s1. The number of hydrogen-bond acceptors (Lipinski definition) is 2. The summed E-state index contributed by atoms with van der Waals surface area (Å²) in [5.41, 5.74) is 2.71. The molecule has 0 bridgehead atoms. The van der Waals surface area contributed by atoms with E-state index in [4.69, 9.17) is 0 Å². The Morgan fingerprint density at radius 2 is 1.92 bits per heavy atom. The van der Waals surface area contributed by atoms with Crippen LogP contribution < -0.4 is 0 Å². The van der Waals surface area contributed by atoms with Crippen molar-refractivity contribution in [3.8, 4) is 11.4 Å². The van der Waals surface area contributed by atoms with E-state index in [-0.39, 0.29) is 5.91 Å². The van der Waals surface area contributed by atoms with Crippen molar-refractivity contribution < 1.29 is 4.79 Å². The number of carbonyl (C=O) groups is 1. The normalized spacial score (nSPS) is 17.6. The van der Waals surface area contributed by atoms with Gasteiger partial charge < -0.3 is 14.0 Å². The second-order valence-electron chi connectivity index (χ2n) is 6.61. The molecule has 128 valence electrons. The lowest BCUT2D eigenvalue weighted by Crippen LogP contribution is -2.42. The first-order valence-electron chi connectivity index (χ1n) is 8.81.